The lowest BCUT2D eigenvalue weighted by molar-refractivity contribution is 0.187. The number of hydrogen-bond acceptors (Lipinski definition) is 0. The van der Waals surface area contributed by atoms with Crippen molar-refractivity contribution < 1.29 is 0 Å². The summed E-state index contributed by atoms with van der Waals surface area (Å²) in [6.07, 6.45) is 18.4. The molecule has 1 saturated carbocycles. The molecule has 2 aliphatic carbocycles. The fourth-order valence-electron chi connectivity index (χ4n) is 4.83. The minimum absolute atomic E-state index is 0.971. The molecule has 0 bridgehead atoms. The van der Waals surface area contributed by atoms with E-state index in [2.05, 4.69) is 43.3 Å². The largest absolute Gasteiger partial charge is 0.0804 e. The van der Waals surface area contributed by atoms with Gasteiger partial charge in [-0.25, -0.2) is 0 Å². The summed E-state index contributed by atoms with van der Waals surface area (Å²) in [6.45, 7) is 2.32. The third-order valence-corrected chi connectivity index (χ3v) is 6.37. The van der Waals surface area contributed by atoms with Crippen molar-refractivity contribution in [1.29, 1.82) is 0 Å². The van der Waals surface area contributed by atoms with Crippen molar-refractivity contribution in [1.82, 2.24) is 0 Å². The summed E-state index contributed by atoms with van der Waals surface area (Å²) >= 11 is 0. The summed E-state index contributed by atoms with van der Waals surface area (Å²) in [5.41, 5.74) is 3.04. The van der Waals surface area contributed by atoms with Crippen LogP contribution in [0.3, 0.4) is 0 Å². The van der Waals surface area contributed by atoms with Gasteiger partial charge in [0.15, 0.2) is 0 Å². The number of unbranched alkanes of at least 4 members (excludes halogenated alkanes) is 2. The molecule has 1 aromatic rings. The fourth-order valence-corrected chi connectivity index (χ4v) is 4.83. The van der Waals surface area contributed by atoms with E-state index in [9.17, 15) is 0 Å². The molecular weight excluding hydrogens is 276 g/mol. The molecular formula is C23H34. The zero-order valence-corrected chi connectivity index (χ0v) is 15.0. The molecule has 1 fully saturated rings. The maximum absolute atomic E-state index is 2.55. The van der Waals surface area contributed by atoms with Gasteiger partial charge in [-0.15, -0.1) is 0 Å². The van der Waals surface area contributed by atoms with Gasteiger partial charge < -0.3 is 0 Å². The van der Waals surface area contributed by atoms with Crippen LogP contribution in [0.25, 0.3) is 5.57 Å². The van der Waals surface area contributed by atoms with Gasteiger partial charge in [-0.2, -0.15) is 0 Å². The molecule has 3 rings (SSSR count). The first-order chi connectivity index (χ1) is 11.4. The summed E-state index contributed by atoms with van der Waals surface area (Å²) in [6, 6.07) is 11.0. The van der Waals surface area contributed by atoms with E-state index in [0.717, 1.165) is 17.8 Å². The minimum atomic E-state index is 0.971. The Hall–Kier alpha value is -1.04. The first-order valence-electron chi connectivity index (χ1n) is 10.1. The Morgan fingerprint density at radius 3 is 2.30 bits per heavy atom. The monoisotopic (exact) mass is 310 g/mol. The van der Waals surface area contributed by atoms with E-state index in [1.165, 1.54) is 76.2 Å². The van der Waals surface area contributed by atoms with E-state index in [1.54, 1.807) is 5.57 Å². The maximum Gasteiger partial charge on any atom is -0.0228 e. The van der Waals surface area contributed by atoms with Crippen molar-refractivity contribution in [3.63, 3.8) is 0 Å². The number of hydrogen-bond donors (Lipinski definition) is 0. The van der Waals surface area contributed by atoms with E-state index in [4.69, 9.17) is 0 Å². The molecule has 1 unspecified atom stereocenters. The second kappa shape index (κ2) is 8.71. The molecule has 0 nitrogen and oxygen atoms in total. The smallest absolute Gasteiger partial charge is 0.0228 e. The lowest BCUT2D eigenvalue weighted by Gasteiger charge is -2.35. The lowest BCUT2D eigenvalue weighted by Crippen LogP contribution is -2.23. The zero-order valence-electron chi connectivity index (χ0n) is 15.0. The van der Waals surface area contributed by atoms with Crippen LogP contribution in [0.15, 0.2) is 36.4 Å². The highest BCUT2D eigenvalue weighted by atomic mass is 14.3. The van der Waals surface area contributed by atoms with E-state index < -0.39 is 0 Å². The molecule has 0 amide bonds. The van der Waals surface area contributed by atoms with Gasteiger partial charge in [0, 0.05) is 0 Å². The summed E-state index contributed by atoms with van der Waals surface area (Å²) in [7, 11) is 0. The van der Waals surface area contributed by atoms with Gasteiger partial charge in [-0.05, 0) is 61.0 Å². The molecule has 0 radical (unpaired) electrons. The SMILES string of the molecule is CCCCC[C@H]1CC[C@H](C2CC=C(c3ccccc3)CC2)CC1. The topological polar surface area (TPSA) is 0 Å². The van der Waals surface area contributed by atoms with Crippen LogP contribution in [-0.4, -0.2) is 0 Å². The predicted octanol–water partition coefficient (Wildman–Crippen LogP) is 7.26. The van der Waals surface area contributed by atoms with E-state index in [0.29, 0.717) is 0 Å². The highest BCUT2D eigenvalue weighted by Crippen LogP contribution is 2.42. The summed E-state index contributed by atoms with van der Waals surface area (Å²) in [4.78, 5) is 0. The lowest BCUT2D eigenvalue weighted by atomic mass is 9.70. The summed E-state index contributed by atoms with van der Waals surface area (Å²) in [5.74, 6) is 3.04. The van der Waals surface area contributed by atoms with Crippen molar-refractivity contribution in [2.45, 2.75) is 77.6 Å². The number of allylic oxidation sites excluding steroid dienone is 2. The standard InChI is InChI=1S/C23H34/c1-2-3-5-8-19-11-13-21(14-12-19)23-17-15-22(16-18-23)20-9-6-4-7-10-20/h4,6-7,9-10,15,19,21,23H,2-3,5,8,11-14,16-18H2,1H3/t19-,21-,23?. The normalized spacial score (nSPS) is 28.4. The van der Waals surface area contributed by atoms with Crippen molar-refractivity contribution in [3.05, 3.63) is 42.0 Å². The molecule has 1 aromatic carbocycles. The Morgan fingerprint density at radius 2 is 1.65 bits per heavy atom. The average molecular weight is 311 g/mol. The van der Waals surface area contributed by atoms with Crippen LogP contribution < -0.4 is 0 Å². The van der Waals surface area contributed by atoms with Gasteiger partial charge in [0.05, 0.1) is 0 Å². The first-order valence-corrected chi connectivity index (χ1v) is 10.1. The maximum atomic E-state index is 2.55. The van der Waals surface area contributed by atoms with Crippen LogP contribution in [0.4, 0.5) is 0 Å². The van der Waals surface area contributed by atoms with E-state index in [-0.39, 0.29) is 0 Å². The molecule has 2 aliphatic rings. The van der Waals surface area contributed by atoms with Crippen molar-refractivity contribution in [2.24, 2.45) is 17.8 Å². The minimum Gasteiger partial charge on any atom is -0.0804 e. The molecule has 0 spiro atoms. The molecule has 0 aromatic heterocycles. The van der Waals surface area contributed by atoms with Crippen LogP contribution in [0, 0.1) is 17.8 Å². The van der Waals surface area contributed by atoms with Crippen LogP contribution >= 0.6 is 0 Å². The van der Waals surface area contributed by atoms with Gasteiger partial charge in [0.2, 0.25) is 0 Å². The molecule has 1 atom stereocenters. The van der Waals surface area contributed by atoms with Crippen LogP contribution in [-0.2, 0) is 0 Å². The molecule has 0 saturated heterocycles. The second-order valence-electron chi connectivity index (χ2n) is 7.91. The van der Waals surface area contributed by atoms with E-state index >= 15 is 0 Å². The number of benzene rings is 1. The van der Waals surface area contributed by atoms with Crippen molar-refractivity contribution in [2.75, 3.05) is 0 Å². The molecule has 0 heteroatoms. The predicted molar refractivity (Wildman–Crippen MR) is 101 cm³/mol. The zero-order chi connectivity index (χ0) is 15.9. The Morgan fingerprint density at radius 1 is 0.870 bits per heavy atom. The van der Waals surface area contributed by atoms with Crippen molar-refractivity contribution >= 4 is 5.57 Å². The second-order valence-corrected chi connectivity index (χ2v) is 7.91. The quantitative estimate of drug-likeness (QED) is 0.485. The van der Waals surface area contributed by atoms with Crippen LogP contribution in [0.5, 0.6) is 0 Å². The van der Waals surface area contributed by atoms with Crippen LogP contribution in [0.2, 0.25) is 0 Å². The fraction of sp³-hybridized carbons (Fsp3) is 0.652. The Bertz CT molecular complexity index is 476. The molecule has 0 aliphatic heterocycles. The first kappa shape index (κ1) is 16.8. The van der Waals surface area contributed by atoms with Gasteiger partial charge in [0.25, 0.3) is 0 Å². The third-order valence-electron chi connectivity index (χ3n) is 6.37. The Kier molecular flexibility index (Phi) is 6.37. The van der Waals surface area contributed by atoms with Crippen LogP contribution in [0.1, 0.15) is 83.1 Å². The Balaban J connectivity index is 1.45. The highest BCUT2D eigenvalue weighted by molar-refractivity contribution is 5.66. The summed E-state index contributed by atoms with van der Waals surface area (Å²) < 4.78 is 0. The molecule has 0 N–H and O–H groups in total. The van der Waals surface area contributed by atoms with Gasteiger partial charge >= 0.3 is 0 Å². The number of rotatable bonds is 6. The molecule has 126 valence electrons. The Labute approximate surface area is 143 Å². The molecule has 23 heavy (non-hydrogen) atoms. The highest BCUT2D eigenvalue weighted by Gasteiger charge is 2.28. The molecule has 0 heterocycles. The van der Waals surface area contributed by atoms with E-state index in [1.807, 2.05) is 0 Å². The van der Waals surface area contributed by atoms with Gasteiger partial charge in [-0.1, -0.05) is 81.9 Å². The van der Waals surface area contributed by atoms with Gasteiger partial charge in [0.1, 0.15) is 0 Å². The van der Waals surface area contributed by atoms with Crippen molar-refractivity contribution in [3.8, 4) is 0 Å². The van der Waals surface area contributed by atoms with Gasteiger partial charge in [-0.3, -0.25) is 0 Å². The third kappa shape index (κ3) is 4.72. The summed E-state index contributed by atoms with van der Waals surface area (Å²) in [5, 5.41) is 0. The average Bonchev–Trinajstić information content (AvgIpc) is 2.63.